The van der Waals surface area contributed by atoms with Gasteiger partial charge in [0, 0.05) is 44.1 Å². The second kappa shape index (κ2) is 5.19. The molecular formula is C8H12ClNO3. The molecule has 0 aromatic heterocycles. The zero-order valence-corrected chi connectivity index (χ0v) is 8.05. The summed E-state index contributed by atoms with van der Waals surface area (Å²) in [5.41, 5.74) is -0.770. The van der Waals surface area contributed by atoms with Crippen molar-refractivity contribution in [3.05, 3.63) is 0 Å². The van der Waals surface area contributed by atoms with E-state index in [9.17, 15) is 9.59 Å². The first-order valence-corrected chi connectivity index (χ1v) is 4.62. The Bertz CT molecular complexity index is 198. The lowest BCUT2D eigenvalue weighted by Crippen LogP contribution is -2.36. The summed E-state index contributed by atoms with van der Waals surface area (Å²) in [6, 6.07) is 0. The van der Waals surface area contributed by atoms with E-state index < -0.39 is 5.43 Å². The van der Waals surface area contributed by atoms with Crippen molar-refractivity contribution in [3.8, 4) is 0 Å². The van der Waals surface area contributed by atoms with Crippen molar-refractivity contribution < 1.29 is 14.3 Å². The Morgan fingerprint density at radius 1 is 1.46 bits per heavy atom. The molecule has 0 radical (unpaired) electrons. The summed E-state index contributed by atoms with van der Waals surface area (Å²) < 4.78 is 4.57. The van der Waals surface area contributed by atoms with Crippen molar-refractivity contribution in [1.82, 2.24) is 4.90 Å². The first kappa shape index (κ1) is 10.5. The summed E-state index contributed by atoms with van der Waals surface area (Å²) in [6.45, 7) is 2.49. The van der Waals surface area contributed by atoms with E-state index in [0.717, 1.165) is 13.1 Å². The minimum atomic E-state index is -0.770. The van der Waals surface area contributed by atoms with E-state index in [2.05, 4.69) is 9.64 Å². The van der Waals surface area contributed by atoms with Gasteiger partial charge in [-0.15, -0.1) is 0 Å². The van der Waals surface area contributed by atoms with Crippen molar-refractivity contribution in [1.29, 1.82) is 0 Å². The smallest absolute Gasteiger partial charge is 0.403 e. The van der Waals surface area contributed by atoms with Crippen LogP contribution in [0.3, 0.4) is 0 Å². The van der Waals surface area contributed by atoms with Crippen LogP contribution >= 0.6 is 11.6 Å². The highest BCUT2D eigenvalue weighted by Gasteiger charge is 2.15. The van der Waals surface area contributed by atoms with Crippen LogP contribution in [-0.4, -0.2) is 42.4 Å². The zero-order chi connectivity index (χ0) is 9.68. The van der Waals surface area contributed by atoms with E-state index in [1.165, 1.54) is 0 Å². The van der Waals surface area contributed by atoms with Crippen molar-refractivity contribution in [3.63, 3.8) is 0 Å². The second-order valence-corrected chi connectivity index (χ2v) is 3.28. The molecule has 0 unspecified atom stereocenters. The molecule has 74 valence electrons. The van der Waals surface area contributed by atoms with Crippen LogP contribution < -0.4 is 0 Å². The topological polar surface area (TPSA) is 46.6 Å². The monoisotopic (exact) mass is 205 g/mol. The molecule has 5 heteroatoms. The first-order valence-electron chi connectivity index (χ1n) is 4.25. The van der Waals surface area contributed by atoms with Gasteiger partial charge in [-0.1, -0.05) is 0 Å². The van der Waals surface area contributed by atoms with E-state index >= 15 is 0 Å². The normalized spacial score (nSPS) is 18.7. The van der Waals surface area contributed by atoms with Crippen LogP contribution in [0.25, 0.3) is 0 Å². The van der Waals surface area contributed by atoms with Gasteiger partial charge in [-0.3, -0.25) is 9.69 Å². The molecule has 0 aromatic carbocycles. The van der Waals surface area contributed by atoms with E-state index in [-0.39, 0.29) is 0 Å². The van der Waals surface area contributed by atoms with Gasteiger partial charge >= 0.3 is 5.43 Å². The fourth-order valence-corrected chi connectivity index (χ4v) is 1.36. The number of piperidine rings is 1. The number of rotatable bonds is 3. The number of carbonyl (C=O) groups is 2. The molecule has 1 rings (SSSR count). The highest BCUT2D eigenvalue weighted by atomic mass is 35.5. The average Bonchev–Trinajstić information content (AvgIpc) is 2.08. The molecule has 1 aliphatic heterocycles. The molecular weight excluding hydrogens is 194 g/mol. The SMILES string of the molecule is O=C1CCN(CCOC(=O)Cl)CC1. The standard InChI is InChI=1S/C8H12ClNO3/c9-8(12)13-6-5-10-3-1-7(11)2-4-10/h1-6H2. The fourth-order valence-electron chi connectivity index (χ4n) is 1.28. The largest absolute Gasteiger partial charge is 0.452 e. The highest BCUT2D eigenvalue weighted by molar-refractivity contribution is 6.61. The van der Waals surface area contributed by atoms with Crippen molar-refractivity contribution in [2.24, 2.45) is 0 Å². The van der Waals surface area contributed by atoms with Crippen molar-refractivity contribution in [2.75, 3.05) is 26.2 Å². The summed E-state index contributed by atoms with van der Waals surface area (Å²) in [7, 11) is 0. The molecule has 0 atom stereocenters. The van der Waals surface area contributed by atoms with Gasteiger partial charge < -0.3 is 4.74 Å². The van der Waals surface area contributed by atoms with Crippen molar-refractivity contribution >= 4 is 22.8 Å². The molecule has 0 spiro atoms. The minimum absolute atomic E-state index is 0.302. The number of hydrogen-bond acceptors (Lipinski definition) is 4. The van der Waals surface area contributed by atoms with E-state index in [0.29, 0.717) is 31.8 Å². The third-order valence-corrected chi connectivity index (χ3v) is 2.15. The lowest BCUT2D eigenvalue weighted by Gasteiger charge is -2.24. The van der Waals surface area contributed by atoms with Crippen LogP contribution in [0, 0.1) is 0 Å². The van der Waals surface area contributed by atoms with Crippen LogP contribution in [0.2, 0.25) is 0 Å². The number of halogens is 1. The third-order valence-electron chi connectivity index (χ3n) is 2.04. The zero-order valence-electron chi connectivity index (χ0n) is 7.29. The first-order chi connectivity index (χ1) is 6.18. The van der Waals surface area contributed by atoms with Crippen LogP contribution in [0.5, 0.6) is 0 Å². The van der Waals surface area contributed by atoms with Crippen LogP contribution in [0.15, 0.2) is 0 Å². The Morgan fingerprint density at radius 3 is 2.62 bits per heavy atom. The molecule has 4 nitrogen and oxygen atoms in total. The Kier molecular flexibility index (Phi) is 4.18. The highest BCUT2D eigenvalue weighted by Crippen LogP contribution is 2.04. The fraction of sp³-hybridized carbons (Fsp3) is 0.750. The molecule has 0 saturated carbocycles. The molecule has 1 saturated heterocycles. The van der Waals surface area contributed by atoms with Gasteiger partial charge in [0.15, 0.2) is 0 Å². The number of likely N-dealkylation sites (tertiary alicyclic amines) is 1. The van der Waals surface area contributed by atoms with Gasteiger partial charge in [-0.25, -0.2) is 4.79 Å². The second-order valence-electron chi connectivity index (χ2n) is 2.97. The summed E-state index contributed by atoms with van der Waals surface area (Å²) in [5.74, 6) is 0.311. The summed E-state index contributed by atoms with van der Waals surface area (Å²) in [4.78, 5) is 23.2. The molecule has 0 aliphatic carbocycles. The van der Waals surface area contributed by atoms with Gasteiger partial charge in [-0.2, -0.15) is 0 Å². The molecule has 1 aliphatic rings. The van der Waals surface area contributed by atoms with E-state index in [4.69, 9.17) is 11.6 Å². The molecule has 0 aromatic rings. The maximum atomic E-state index is 10.9. The van der Waals surface area contributed by atoms with Crippen LogP contribution in [0.1, 0.15) is 12.8 Å². The van der Waals surface area contributed by atoms with Crippen LogP contribution in [-0.2, 0) is 9.53 Å². The Labute approximate surface area is 81.8 Å². The van der Waals surface area contributed by atoms with E-state index in [1.54, 1.807) is 0 Å². The van der Waals surface area contributed by atoms with Gasteiger partial charge in [0.05, 0.1) is 0 Å². The summed E-state index contributed by atoms with van der Waals surface area (Å²) in [6.07, 6.45) is 1.21. The number of carbonyl (C=O) groups excluding carboxylic acids is 2. The van der Waals surface area contributed by atoms with Crippen LogP contribution in [0.4, 0.5) is 4.79 Å². The summed E-state index contributed by atoms with van der Waals surface area (Å²) >= 11 is 4.98. The van der Waals surface area contributed by atoms with Gasteiger partial charge in [-0.05, 0) is 0 Å². The maximum Gasteiger partial charge on any atom is 0.403 e. The lowest BCUT2D eigenvalue weighted by molar-refractivity contribution is -0.121. The molecule has 0 amide bonds. The van der Waals surface area contributed by atoms with Gasteiger partial charge in [0.25, 0.3) is 0 Å². The Balaban J connectivity index is 2.09. The predicted molar refractivity (Wildman–Crippen MR) is 47.9 cm³/mol. The number of Topliss-reactive ketones (excluding diaryl/α,β-unsaturated/α-hetero) is 1. The number of hydrogen-bond donors (Lipinski definition) is 0. The average molecular weight is 206 g/mol. The predicted octanol–water partition coefficient (Wildman–Crippen LogP) is 1.03. The molecule has 1 heterocycles. The number of ether oxygens (including phenoxy) is 1. The number of ketones is 1. The quantitative estimate of drug-likeness (QED) is 0.646. The molecule has 1 fully saturated rings. The molecule has 0 N–H and O–H groups in total. The lowest BCUT2D eigenvalue weighted by atomic mass is 10.1. The maximum absolute atomic E-state index is 10.9. The third kappa shape index (κ3) is 4.24. The van der Waals surface area contributed by atoms with E-state index in [1.807, 2.05) is 0 Å². The molecule has 13 heavy (non-hydrogen) atoms. The van der Waals surface area contributed by atoms with Gasteiger partial charge in [0.1, 0.15) is 12.4 Å². The minimum Gasteiger partial charge on any atom is -0.452 e. The van der Waals surface area contributed by atoms with Gasteiger partial charge in [0.2, 0.25) is 0 Å². The number of nitrogens with zero attached hydrogens (tertiary/aromatic N) is 1. The Hall–Kier alpha value is -0.610. The molecule has 0 bridgehead atoms. The summed E-state index contributed by atoms with van der Waals surface area (Å²) in [5, 5.41) is 0. The Morgan fingerprint density at radius 2 is 2.08 bits per heavy atom. The van der Waals surface area contributed by atoms with Crippen molar-refractivity contribution in [2.45, 2.75) is 12.8 Å².